The Kier molecular flexibility index (Phi) is 5.20. The Bertz CT molecular complexity index is 933. The minimum absolute atomic E-state index is 0.342. The number of benzene rings is 2. The van der Waals surface area contributed by atoms with Gasteiger partial charge in [-0.3, -0.25) is 0 Å². The third kappa shape index (κ3) is 3.92. The molecule has 0 saturated heterocycles. The van der Waals surface area contributed by atoms with Crippen LogP contribution in [0.4, 0.5) is 4.39 Å². The van der Waals surface area contributed by atoms with Crippen LogP contribution in [0.25, 0.3) is 11.4 Å². The molecular weight excluding hydrogens is 341 g/mol. The van der Waals surface area contributed by atoms with Gasteiger partial charge in [-0.25, -0.2) is 15.0 Å². The number of nitrogens with zero attached hydrogens (tertiary/aromatic N) is 3. The number of ether oxygens (including phenoxy) is 1. The van der Waals surface area contributed by atoms with Crippen LogP contribution >= 0.6 is 12.2 Å². The van der Waals surface area contributed by atoms with Gasteiger partial charge in [-0.2, -0.15) is 14.9 Å². The molecule has 3 aromatic rings. The predicted molar refractivity (Wildman–Crippen MR) is 97.4 cm³/mol. The van der Waals surface area contributed by atoms with E-state index in [1.165, 1.54) is 17.0 Å². The molecule has 0 radical (unpaired) electrons. The van der Waals surface area contributed by atoms with Gasteiger partial charge in [0, 0.05) is 11.1 Å². The van der Waals surface area contributed by atoms with Gasteiger partial charge in [-0.15, -0.1) is 0 Å². The molecule has 0 atom stereocenters. The molecule has 3 rings (SSSR count). The zero-order chi connectivity index (χ0) is 17.6. The van der Waals surface area contributed by atoms with E-state index in [0.717, 1.165) is 11.3 Å². The summed E-state index contributed by atoms with van der Waals surface area (Å²) in [5, 5.41) is 10.9. The van der Waals surface area contributed by atoms with Crippen LogP contribution in [-0.2, 0) is 0 Å². The van der Waals surface area contributed by atoms with Crippen LogP contribution in [0.5, 0.6) is 5.75 Å². The summed E-state index contributed by atoms with van der Waals surface area (Å²) in [6.07, 6.45) is 1.38. The number of aromatic nitrogens is 3. The van der Waals surface area contributed by atoms with Crippen molar-refractivity contribution in [3.8, 4) is 17.1 Å². The van der Waals surface area contributed by atoms with Crippen LogP contribution < -0.4 is 10.3 Å². The maximum Gasteiger partial charge on any atom is 0.216 e. The van der Waals surface area contributed by atoms with Crippen LogP contribution in [0.1, 0.15) is 12.5 Å². The molecule has 25 heavy (non-hydrogen) atoms. The highest BCUT2D eigenvalue weighted by Crippen LogP contribution is 2.20. The summed E-state index contributed by atoms with van der Waals surface area (Å²) in [6.45, 7) is 2.53. The molecule has 0 spiro atoms. The number of aromatic amines is 1. The van der Waals surface area contributed by atoms with Gasteiger partial charge in [-0.1, -0.05) is 18.2 Å². The Hall–Kier alpha value is -3.00. The Balaban J connectivity index is 1.82. The first-order valence-electron chi connectivity index (χ1n) is 7.63. The van der Waals surface area contributed by atoms with Gasteiger partial charge in [-0.05, 0) is 49.5 Å². The van der Waals surface area contributed by atoms with Gasteiger partial charge in [0.1, 0.15) is 11.6 Å². The second-order valence-electron chi connectivity index (χ2n) is 5.02. The van der Waals surface area contributed by atoms with Crippen LogP contribution in [0.15, 0.2) is 53.6 Å². The first kappa shape index (κ1) is 16.8. The summed E-state index contributed by atoms with van der Waals surface area (Å²) in [6, 6.07) is 13.8. The highest BCUT2D eigenvalue weighted by atomic mass is 32.1. The monoisotopic (exact) mass is 357 g/mol. The molecule has 0 bridgehead atoms. The number of halogens is 1. The lowest BCUT2D eigenvalue weighted by Gasteiger charge is -2.07. The fourth-order valence-corrected chi connectivity index (χ4v) is 2.36. The average molecular weight is 357 g/mol. The molecule has 1 heterocycles. The van der Waals surface area contributed by atoms with Crippen molar-refractivity contribution in [1.82, 2.24) is 14.9 Å². The highest BCUT2D eigenvalue weighted by molar-refractivity contribution is 7.71. The molecule has 0 aliphatic carbocycles. The van der Waals surface area contributed by atoms with E-state index >= 15 is 0 Å². The number of hydrazone groups is 1. The lowest BCUT2D eigenvalue weighted by Crippen LogP contribution is -2.11. The molecule has 2 aromatic carbocycles. The van der Waals surface area contributed by atoms with E-state index in [9.17, 15) is 4.39 Å². The largest absolute Gasteiger partial charge is 0.494 e. The van der Waals surface area contributed by atoms with E-state index in [1.54, 1.807) is 18.2 Å². The van der Waals surface area contributed by atoms with Gasteiger partial charge in [0.15, 0.2) is 5.82 Å². The molecule has 0 unspecified atom stereocenters. The summed E-state index contributed by atoms with van der Waals surface area (Å²) >= 11 is 5.21. The van der Waals surface area contributed by atoms with Crippen molar-refractivity contribution in [2.45, 2.75) is 6.92 Å². The summed E-state index contributed by atoms with van der Waals surface area (Å²) < 4.78 is 20.9. The first-order chi connectivity index (χ1) is 12.2. The Labute approximate surface area is 148 Å². The van der Waals surface area contributed by atoms with Crippen molar-refractivity contribution >= 4 is 18.4 Å². The number of hydrogen-bond donors (Lipinski definition) is 2. The summed E-state index contributed by atoms with van der Waals surface area (Å²) in [5.41, 5.74) is 3.96. The minimum atomic E-state index is -0.351. The van der Waals surface area contributed by atoms with E-state index in [0.29, 0.717) is 22.8 Å². The van der Waals surface area contributed by atoms with Crippen LogP contribution in [0.2, 0.25) is 0 Å². The van der Waals surface area contributed by atoms with E-state index in [1.807, 2.05) is 31.2 Å². The predicted octanol–water partition coefficient (Wildman–Crippen LogP) is 3.72. The highest BCUT2D eigenvalue weighted by Gasteiger charge is 2.08. The van der Waals surface area contributed by atoms with Crippen molar-refractivity contribution < 1.29 is 9.13 Å². The number of hydrogen-bond acceptors (Lipinski definition) is 5. The SMILES string of the molecule is CCOc1ccc(-c2n[nH]c(=S)n2N/N=C\c2ccccc2F)cc1. The molecule has 0 amide bonds. The van der Waals surface area contributed by atoms with Crippen molar-refractivity contribution in [1.29, 1.82) is 0 Å². The number of nitrogens with one attached hydrogen (secondary N) is 2. The van der Waals surface area contributed by atoms with Gasteiger partial charge in [0.2, 0.25) is 4.77 Å². The van der Waals surface area contributed by atoms with Crippen LogP contribution in [0.3, 0.4) is 0 Å². The number of rotatable bonds is 6. The Morgan fingerprint density at radius 3 is 2.76 bits per heavy atom. The summed E-state index contributed by atoms with van der Waals surface area (Å²) in [7, 11) is 0. The van der Waals surface area contributed by atoms with E-state index in [4.69, 9.17) is 17.0 Å². The van der Waals surface area contributed by atoms with Crippen molar-refractivity contribution in [3.63, 3.8) is 0 Å². The molecular formula is C17H16FN5OS. The van der Waals surface area contributed by atoms with Gasteiger partial charge in [0.25, 0.3) is 0 Å². The standard InChI is InChI=1S/C17H16FN5OS/c1-2-24-14-9-7-12(8-10-14)16-20-21-17(25)23(16)22-19-11-13-5-3-4-6-15(13)18/h3-11,22H,2H2,1H3,(H,21,25)/b19-11-. The van der Waals surface area contributed by atoms with Crippen molar-refractivity contribution in [3.05, 3.63) is 64.7 Å². The first-order valence-corrected chi connectivity index (χ1v) is 8.04. The van der Waals surface area contributed by atoms with E-state index < -0.39 is 0 Å². The molecule has 1 aromatic heterocycles. The molecule has 6 nitrogen and oxygen atoms in total. The van der Waals surface area contributed by atoms with E-state index in [-0.39, 0.29) is 5.82 Å². The van der Waals surface area contributed by atoms with Gasteiger partial charge in [0.05, 0.1) is 12.8 Å². The molecule has 128 valence electrons. The summed E-state index contributed by atoms with van der Waals surface area (Å²) in [5.74, 6) is 0.978. The summed E-state index contributed by atoms with van der Waals surface area (Å²) in [4.78, 5) is 0. The molecule has 0 aliphatic rings. The third-order valence-electron chi connectivity index (χ3n) is 3.36. The minimum Gasteiger partial charge on any atom is -0.494 e. The quantitative estimate of drug-likeness (QED) is 0.401. The molecule has 0 saturated carbocycles. The fraction of sp³-hybridized carbons (Fsp3) is 0.118. The lowest BCUT2D eigenvalue weighted by atomic mass is 10.2. The van der Waals surface area contributed by atoms with Crippen LogP contribution in [0, 0.1) is 10.6 Å². The van der Waals surface area contributed by atoms with Crippen molar-refractivity contribution in [2.75, 3.05) is 12.1 Å². The zero-order valence-electron chi connectivity index (χ0n) is 13.4. The maximum atomic E-state index is 13.6. The topological polar surface area (TPSA) is 67.2 Å². The third-order valence-corrected chi connectivity index (χ3v) is 3.64. The average Bonchev–Trinajstić information content (AvgIpc) is 2.98. The maximum absolute atomic E-state index is 13.6. The number of H-pyrrole nitrogens is 1. The normalized spacial score (nSPS) is 11.0. The molecule has 0 fully saturated rings. The van der Waals surface area contributed by atoms with Gasteiger partial charge >= 0.3 is 0 Å². The molecule has 8 heteroatoms. The molecule has 2 N–H and O–H groups in total. The smallest absolute Gasteiger partial charge is 0.216 e. The van der Waals surface area contributed by atoms with Crippen LogP contribution in [-0.4, -0.2) is 27.7 Å². The van der Waals surface area contributed by atoms with E-state index in [2.05, 4.69) is 20.8 Å². The van der Waals surface area contributed by atoms with Crippen molar-refractivity contribution in [2.24, 2.45) is 5.10 Å². The Morgan fingerprint density at radius 1 is 1.28 bits per heavy atom. The lowest BCUT2D eigenvalue weighted by molar-refractivity contribution is 0.340. The van der Waals surface area contributed by atoms with Gasteiger partial charge < -0.3 is 4.74 Å². The zero-order valence-corrected chi connectivity index (χ0v) is 14.3. The molecule has 0 aliphatic heterocycles. The second-order valence-corrected chi connectivity index (χ2v) is 5.41. The fourth-order valence-electron chi connectivity index (χ4n) is 2.19. The Morgan fingerprint density at radius 2 is 2.04 bits per heavy atom. The second kappa shape index (κ2) is 7.71.